The molecule has 1 saturated heterocycles. The summed E-state index contributed by atoms with van der Waals surface area (Å²) in [6, 6.07) is 19.2. The van der Waals surface area contributed by atoms with Crippen LogP contribution in [0.3, 0.4) is 0 Å². The largest absolute Gasteiger partial charge is 0.339 e. The summed E-state index contributed by atoms with van der Waals surface area (Å²) in [6.07, 6.45) is 0. The van der Waals surface area contributed by atoms with Gasteiger partial charge in [0, 0.05) is 6.54 Å². The zero-order valence-electron chi connectivity index (χ0n) is 10.5. The van der Waals surface area contributed by atoms with Gasteiger partial charge in [0.1, 0.15) is 11.2 Å². The molecule has 0 aromatic heterocycles. The zero-order chi connectivity index (χ0) is 12.7. The molecule has 1 atom stereocenters. The van der Waals surface area contributed by atoms with Crippen LogP contribution in [0.1, 0.15) is 16.5 Å². The molecule has 0 spiro atoms. The van der Waals surface area contributed by atoms with Crippen LogP contribution in [-0.2, 0) is 6.54 Å². The molecule has 2 nitrogen and oxygen atoms in total. The quantitative estimate of drug-likeness (QED) is 0.776. The van der Waals surface area contributed by atoms with Gasteiger partial charge < -0.3 is 4.90 Å². The smallest absolute Gasteiger partial charge is 0.116 e. The van der Waals surface area contributed by atoms with Crippen LogP contribution in [0.4, 0.5) is 5.69 Å². The van der Waals surface area contributed by atoms with E-state index in [1.165, 1.54) is 17.0 Å². The molecule has 1 fully saturated rings. The normalized spacial score (nSPS) is 20.7. The Morgan fingerprint density at radius 1 is 1.00 bits per heavy atom. The van der Waals surface area contributed by atoms with E-state index < -0.39 is 0 Å². The van der Waals surface area contributed by atoms with E-state index in [0.29, 0.717) is 5.37 Å². The summed E-state index contributed by atoms with van der Waals surface area (Å²) in [5, 5.41) is 0.410. The van der Waals surface area contributed by atoms with Gasteiger partial charge in [-0.15, -0.1) is 11.8 Å². The van der Waals surface area contributed by atoms with Crippen molar-refractivity contribution in [3.63, 3.8) is 0 Å². The van der Waals surface area contributed by atoms with E-state index in [2.05, 4.69) is 59.5 Å². The molecular formula is C16H14N2S. The standard InChI is InChI=1S/C16H14N2S/c1-2-6-12(7-3-1)16-18-10-13-8-4-5-9-14(13)17-15(18)11-19-16/h1-9,16H,10-11H2. The SMILES string of the molecule is c1ccc(C2SCC3=Nc4ccccc4CN32)cc1. The lowest BCUT2D eigenvalue weighted by molar-refractivity contribution is 0.400. The molecule has 0 bridgehead atoms. The fraction of sp³-hybridized carbons (Fsp3) is 0.188. The number of aliphatic imine (C=N–C) groups is 1. The number of benzene rings is 2. The number of rotatable bonds is 1. The third kappa shape index (κ3) is 1.85. The number of thioether (sulfide) groups is 1. The number of fused-ring (bicyclic) bond motifs is 2. The third-order valence-corrected chi connectivity index (χ3v) is 4.92. The van der Waals surface area contributed by atoms with E-state index in [9.17, 15) is 0 Å². The van der Waals surface area contributed by atoms with Gasteiger partial charge in [0.25, 0.3) is 0 Å². The maximum Gasteiger partial charge on any atom is 0.116 e. The third-order valence-electron chi connectivity index (χ3n) is 3.65. The molecule has 1 unspecified atom stereocenters. The Balaban J connectivity index is 1.72. The van der Waals surface area contributed by atoms with Crippen LogP contribution in [0.5, 0.6) is 0 Å². The first-order chi connectivity index (χ1) is 9.42. The number of amidine groups is 1. The van der Waals surface area contributed by atoms with Crippen molar-refractivity contribution in [2.75, 3.05) is 5.75 Å². The van der Waals surface area contributed by atoms with Gasteiger partial charge in [-0.3, -0.25) is 0 Å². The van der Waals surface area contributed by atoms with Gasteiger partial charge in [-0.1, -0.05) is 48.5 Å². The van der Waals surface area contributed by atoms with E-state index in [1.54, 1.807) is 0 Å². The molecule has 0 N–H and O–H groups in total. The van der Waals surface area contributed by atoms with Crippen molar-refractivity contribution in [2.24, 2.45) is 4.99 Å². The molecule has 0 amide bonds. The average Bonchev–Trinajstić information content (AvgIpc) is 2.88. The second kappa shape index (κ2) is 4.42. The minimum Gasteiger partial charge on any atom is -0.339 e. The molecule has 2 aromatic carbocycles. The highest BCUT2D eigenvalue weighted by atomic mass is 32.2. The van der Waals surface area contributed by atoms with Crippen LogP contribution in [0.15, 0.2) is 59.6 Å². The van der Waals surface area contributed by atoms with Crippen molar-refractivity contribution in [2.45, 2.75) is 11.9 Å². The number of para-hydroxylation sites is 1. The van der Waals surface area contributed by atoms with Crippen molar-refractivity contribution >= 4 is 23.3 Å². The van der Waals surface area contributed by atoms with Gasteiger partial charge in [0.05, 0.1) is 11.4 Å². The first-order valence-corrected chi connectivity index (χ1v) is 7.55. The molecule has 19 heavy (non-hydrogen) atoms. The van der Waals surface area contributed by atoms with Crippen LogP contribution >= 0.6 is 11.8 Å². The van der Waals surface area contributed by atoms with E-state index in [-0.39, 0.29) is 0 Å². The van der Waals surface area contributed by atoms with Gasteiger partial charge in [-0.25, -0.2) is 4.99 Å². The second-order valence-corrected chi connectivity index (χ2v) is 5.93. The van der Waals surface area contributed by atoms with Crippen LogP contribution < -0.4 is 0 Å². The molecule has 0 aliphatic carbocycles. The molecule has 2 aliphatic rings. The van der Waals surface area contributed by atoms with E-state index in [0.717, 1.165) is 18.0 Å². The Bertz CT molecular complexity index is 636. The van der Waals surface area contributed by atoms with Gasteiger partial charge in [0.15, 0.2) is 0 Å². The fourth-order valence-electron chi connectivity index (χ4n) is 2.70. The molecule has 94 valence electrons. The number of hydrogen-bond donors (Lipinski definition) is 0. The Labute approximate surface area is 117 Å². The lowest BCUT2D eigenvalue weighted by Gasteiger charge is -2.29. The van der Waals surface area contributed by atoms with Crippen LogP contribution in [0.2, 0.25) is 0 Å². The fourth-order valence-corrected chi connectivity index (χ4v) is 3.97. The lowest BCUT2D eigenvalue weighted by atomic mass is 10.1. The first kappa shape index (κ1) is 11.1. The summed E-state index contributed by atoms with van der Waals surface area (Å²) in [7, 11) is 0. The van der Waals surface area contributed by atoms with E-state index >= 15 is 0 Å². The van der Waals surface area contributed by atoms with Gasteiger partial charge in [-0.2, -0.15) is 0 Å². The molecule has 2 aliphatic heterocycles. The van der Waals surface area contributed by atoms with E-state index in [4.69, 9.17) is 4.99 Å². The molecule has 2 heterocycles. The molecule has 0 radical (unpaired) electrons. The highest BCUT2D eigenvalue weighted by Crippen LogP contribution is 2.43. The van der Waals surface area contributed by atoms with Gasteiger partial charge in [-0.05, 0) is 17.2 Å². The van der Waals surface area contributed by atoms with Crippen LogP contribution in [-0.4, -0.2) is 16.5 Å². The monoisotopic (exact) mass is 266 g/mol. The summed E-state index contributed by atoms with van der Waals surface area (Å²) in [4.78, 5) is 7.24. The number of hydrogen-bond acceptors (Lipinski definition) is 3. The van der Waals surface area contributed by atoms with Crippen molar-refractivity contribution in [1.82, 2.24) is 4.90 Å². The predicted molar refractivity (Wildman–Crippen MR) is 80.7 cm³/mol. The maximum atomic E-state index is 4.80. The Hall–Kier alpha value is -1.74. The predicted octanol–water partition coefficient (Wildman–Crippen LogP) is 3.98. The highest BCUT2D eigenvalue weighted by molar-refractivity contribution is 8.00. The molecular weight excluding hydrogens is 252 g/mol. The Morgan fingerprint density at radius 2 is 1.79 bits per heavy atom. The first-order valence-electron chi connectivity index (χ1n) is 6.50. The molecule has 0 saturated carbocycles. The summed E-state index contributed by atoms with van der Waals surface area (Å²) in [5.41, 5.74) is 3.84. The zero-order valence-corrected chi connectivity index (χ0v) is 11.3. The van der Waals surface area contributed by atoms with Crippen molar-refractivity contribution in [3.8, 4) is 0 Å². The van der Waals surface area contributed by atoms with Gasteiger partial charge in [0.2, 0.25) is 0 Å². The van der Waals surface area contributed by atoms with Crippen LogP contribution in [0, 0.1) is 0 Å². The summed E-state index contributed by atoms with van der Waals surface area (Å²) in [5.74, 6) is 2.23. The van der Waals surface area contributed by atoms with Crippen LogP contribution in [0.25, 0.3) is 0 Å². The van der Waals surface area contributed by atoms with Crippen molar-refractivity contribution < 1.29 is 0 Å². The van der Waals surface area contributed by atoms with E-state index in [1.807, 2.05) is 11.8 Å². The minimum absolute atomic E-state index is 0.410. The molecule has 2 aromatic rings. The van der Waals surface area contributed by atoms with Crippen molar-refractivity contribution in [1.29, 1.82) is 0 Å². The minimum atomic E-state index is 0.410. The second-order valence-electron chi connectivity index (χ2n) is 4.86. The van der Waals surface area contributed by atoms with Crippen molar-refractivity contribution in [3.05, 3.63) is 65.7 Å². The molecule has 4 rings (SSSR count). The number of nitrogens with zero attached hydrogens (tertiary/aromatic N) is 2. The maximum absolute atomic E-state index is 4.80. The average molecular weight is 266 g/mol. The lowest BCUT2D eigenvalue weighted by Crippen LogP contribution is -2.30. The summed E-state index contributed by atoms with van der Waals surface area (Å²) < 4.78 is 0. The summed E-state index contributed by atoms with van der Waals surface area (Å²) in [6.45, 7) is 0.974. The Kier molecular flexibility index (Phi) is 2.59. The highest BCUT2D eigenvalue weighted by Gasteiger charge is 2.33. The van der Waals surface area contributed by atoms with Gasteiger partial charge >= 0.3 is 0 Å². The Morgan fingerprint density at radius 3 is 2.68 bits per heavy atom. The summed E-state index contributed by atoms with van der Waals surface area (Å²) >= 11 is 1.97. The molecule has 3 heteroatoms. The topological polar surface area (TPSA) is 15.6 Å².